The van der Waals surface area contributed by atoms with Gasteiger partial charge < -0.3 is 0 Å². The zero-order valence-electron chi connectivity index (χ0n) is 17.3. The predicted octanol–water partition coefficient (Wildman–Crippen LogP) is 6.98. The van der Waals surface area contributed by atoms with Gasteiger partial charge in [-0.05, 0) is 65.6 Å². The molecule has 0 amide bonds. The van der Waals surface area contributed by atoms with E-state index in [4.69, 9.17) is 0 Å². The molecule has 0 aliphatic heterocycles. The minimum absolute atomic E-state index is 1.02. The molecule has 0 saturated heterocycles. The molecule has 0 radical (unpaired) electrons. The molecule has 4 rings (SSSR count). The van der Waals surface area contributed by atoms with Crippen molar-refractivity contribution in [2.45, 2.75) is 26.2 Å². The van der Waals surface area contributed by atoms with Crippen LogP contribution in [0.4, 0.5) is 0 Å². The van der Waals surface area contributed by atoms with Crippen LogP contribution in [0.3, 0.4) is 0 Å². The van der Waals surface area contributed by atoms with Crippen molar-refractivity contribution >= 4 is 10.8 Å². The standard InChI is InChI=1S/C30H24/c1-2-3-9-25-14-16-26(17-15-25)19-21-28-23-22-27(29-12-7-8-13-30(28)29)20-18-24-10-5-4-6-11-24/h4-8,10-17,22-23H,2-3,9H2,1H3. The summed E-state index contributed by atoms with van der Waals surface area (Å²) in [5.41, 5.74) is 5.51. The first-order valence-electron chi connectivity index (χ1n) is 10.5. The molecule has 0 N–H and O–H groups in total. The van der Waals surface area contributed by atoms with Crippen LogP contribution in [0.2, 0.25) is 0 Å². The lowest BCUT2D eigenvalue weighted by molar-refractivity contribution is 0.795. The Morgan fingerprint density at radius 3 is 1.63 bits per heavy atom. The van der Waals surface area contributed by atoms with Gasteiger partial charge in [0.15, 0.2) is 0 Å². The van der Waals surface area contributed by atoms with Crippen LogP contribution in [-0.2, 0) is 6.42 Å². The number of hydrogen-bond acceptors (Lipinski definition) is 0. The third-order valence-electron chi connectivity index (χ3n) is 5.15. The maximum absolute atomic E-state index is 3.37. The third-order valence-corrected chi connectivity index (χ3v) is 5.15. The molecule has 144 valence electrons. The van der Waals surface area contributed by atoms with Crippen LogP contribution >= 0.6 is 0 Å². The van der Waals surface area contributed by atoms with Gasteiger partial charge in [-0.2, -0.15) is 0 Å². The van der Waals surface area contributed by atoms with Gasteiger partial charge in [0.05, 0.1) is 0 Å². The van der Waals surface area contributed by atoms with Crippen molar-refractivity contribution < 1.29 is 0 Å². The van der Waals surface area contributed by atoms with Crippen LogP contribution in [0.15, 0.2) is 91.0 Å². The molecule has 0 aliphatic carbocycles. The number of unbranched alkanes of at least 4 members (excludes halogenated alkanes) is 1. The van der Waals surface area contributed by atoms with E-state index >= 15 is 0 Å². The molecule has 0 bridgehead atoms. The van der Waals surface area contributed by atoms with Gasteiger partial charge in [-0.3, -0.25) is 0 Å². The first-order chi connectivity index (χ1) is 14.8. The Labute approximate surface area is 179 Å². The average Bonchev–Trinajstić information content (AvgIpc) is 2.81. The lowest BCUT2D eigenvalue weighted by Gasteiger charge is -2.04. The quantitative estimate of drug-likeness (QED) is 0.334. The van der Waals surface area contributed by atoms with Gasteiger partial charge in [0.2, 0.25) is 0 Å². The van der Waals surface area contributed by atoms with Crippen LogP contribution in [0.5, 0.6) is 0 Å². The number of hydrogen-bond donors (Lipinski definition) is 0. The molecule has 4 aromatic carbocycles. The van der Waals surface area contributed by atoms with Crippen molar-refractivity contribution in [1.82, 2.24) is 0 Å². The number of rotatable bonds is 3. The molecule has 0 fully saturated rings. The zero-order valence-corrected chi connectivity index (χ0v) is 17.3. The van der Waals surface area contributed by atoms with Gasteiger partial charge in [0, 0.05) is 22.3 Å². The lowest BCUT2D eigenvalue weighted by Crippen LogP contribution is -1.86. The minimum Gasteiger partial charge on any atom is -0.0654 e. The number of fused-ring (bicyclic) bond motifs is 1. The van der Waals surface area contributed by atoms with Crippen LogP contribution in [0.1, 0.15) is 47.6 Å². The zero-order chi connectivity index (χ0) is 20.6. The van der Waals surface area contributed by atoms with E-state index in [0.29, 0.717) is 0 Å². The second-order valence-electron chi connectivity index (χ2n) is 7.37. The molecule has 0 heterocycles. The van der Waals surface area contributed by atoms with E-state index in [0.717, 1.165) is 39.4 Å². The SMILES string of the molecule is CCCCc1ccc(C#Cc2ccc(C#Cc3ccccc3)c3ccccc23)cc1. The van der Waals surface area contributed by atoms with Crippen LogP contribution in [0, 0.1) is 23.7 Å². The molecule has 0 unspecified atom stereocenters. The van der Waals surface area contributed by atoms with E-state index in [1.54, 1.807) is 0 Å². The van der Waals surface area contributed by atoms with Crippen LogP contribution < -0.4 is 0 Å². The van der Waals surface area contributed by atoms with Gasteiger partial charge in [-0.1, -0.05) is 91.6 Å². The van der Waals surface area contributed by atoms with Crippen molar-refractivity contribution in [2.24, 2.45) is 0 Å². The van der Waals surface area contributed by atoms with E-state index in [-0.39, 0.29) is 0 Å². The summed E-state index contributed by atoms with van der Waals surface area (Å²) < 4.78 is 0. The van der Waals surface area contributed by atoms with E-state index in [1.165, 1.54) is 18.4 Å². The highest BCUT2D eigenvalue weighted by molar-refractivity contribution is 5.93. The van der Waals surface area contributed by atoms with Crippen molar-refractivity contribution in [3.05, 3.63) is 119 Å². The Bertz CT molecular complexity index is 1250. The topological polar surface area (TPSA) is 0 Å². The van der Waals surface area contributed by atoms with Crippen molar-refractivity contribution in [2.75, 3.05) is 0 Å². The Morgan fingerprint density at radius 2 is 1.07 bits per heavy atom. The van der Waals surface area contributed by atoms with Gasteiger partial charge in [-0.25, -0.2) is 0 Å². The van der Waals surface area contributed by atoms with E-state index in [2.05, 4.69) is 91.3 Å². The van der Waals surface area contributed by atoms with Gasteiger partial charge in [0.25, 0.3) is 0 Å². The van der Waals surface area contributed by atoms with Crippen LogP contribution in [0.25, 0.3) is 10.8 Å². The molecule has 4 aromatic rings. The summed E-state index contributed by atoms with van der Waals surface area (Å²) in [6.45, 7) is 2.22. The summed E-state index contributed by atoms with van der Waals surface area (Å²) in [7, 11) is 0. The molecule has 0 saturated carbocycles. The fourth-order valence-corrected chi connectivity index (χ4v) is 3.45. The largest absolute Gasteiger partial charge is 0.0654 e. The molecule has 0 nitrogen and oxygen atoms in total. The fraction of sp³-hybridized carbons (Fsp3) is 0.133. The lowest BCUT2D eigenvalue weighted by atomic mass is 9.99. The van der Waals surface area contributed by atoms with Gasteiger partial charge in [0.1, 0.15) is 0 Å². The molecule has 0 atom stereocenters. The number of aryl methyl sites for hydroxylation is 1. The van der Waals surface area contributed by atoms with Gasteiger partial charge >= 0.3 is 0 Å². The Hall–Kier alpha value is -3.74. The first-order valence-corrected chi connectivity index (χ1v) is 10.5. The summed E-state index contributed by atoms with van der Waals surface area (Å²) in [5.74, 6) is 13.3. The Kier molecular flexibility index (Phi) is 6.29. The second-order valence-corrected chi connectivity index (χ2v) is 7.37. The first kappa shape index (κ1) is 19.6. The Morgan fingerprint density at radius 1 is 0.533 bits per heavy atom. The third kappa shape index (κ3) is 4.81. The molecule has 0 aliphatic rings. The molecular formula is C30H24. The number of benzene rings is 4. The normalized spacial score (nSPS) is 10.0. The maximum atomic E-state index is 3.37. The molecule has 0 aromatic heterocycles. The van der Waals surface area contributed by atoms with E-state index < -0.39 is 0 Å². The highest BCUT2D eigenvalue weighted by Crippen LogP contribution is 2.22. The average molecular weight is 385 g/mol. The summed E-state index contributed by atoms with van der Waals surface area (Å²) >= 11 is 0. The summed E-state index contributed by atoms with van der Waals surface area (Å²) in [5, 5.41) is 2.28. The smallest absolute Gasteiger partial charge is 0.0328 e. The van der Waals surface area contributed by atoms with Crippen LogP contribution in [-0.4, -0.2) is 0 Å². The monoisotopic (exact) mass is 384 g/mol. The molecule has 0 heteroatoms. The summed E-state index contributed by atoms with van der Waals surface area (Å²) in [4.78, 5) is 0. The highest BCUT2D eigenvalue weighted by Gasteiger charge is 2.02. The summed E-state index contributed by atoms with van der Waals surface area (Å²) in [6.07, 6.45) is 3.59. The molecular weight excluding hydrogens is 360 g/mol. The fourth-order valence-electron chi connectivity index (χ4n) is 3.45. The van der Waals surface area contributed by atoms with Gasteiger partial charge in [-0.15, -0.1) is 0 Å². The van der Waals surface area contributed by atoms with Crippen molar-refractivity contribution in [1.29, 1.82) is 0 Å². The predicted molar refractivity (Wildman–Crippen MR) is 127 cm³/mol. The van der Waals surface area contributed by atoms with Crippen molar-refractivity contribution in [3.63, 3.8) is 0 Å². The van der Waals surface area contributed by atoms with Crippen molar-refractivity contribution in [3.8, 4) is 23.7 Å². The van der Waals surface area contributed by atoms with E-state index in [9.17, 15) is 0 Å². The molecule has 0 spiro atoms. The highest BCUT2D eigenvalue weighted by atomic mass is 14.0. The molecule has 30 heavy (non-hydrogen) atoms. The maximum Gasteiger partial charge on any atom is 0.0328 e. The second kappa shape index (κ2) is 9.65. The summed E-state index contributed by atoms with van der Waals surface area (Å²) in [6, 6.07) is 31.3. The van der Waals surface area contributed by atoms with E-state index in [1.807, 2.05) is 30.3 Å². The minimum atomic E-state index is 1.02. The Balaban J connectivity index is 1.64.